The molecule has 19 heavy (non-hydrogen) atoms. The molecule has 0 aliphatic carbocycles. The molecule has 2 heterocycles. The number of hydrogen-bond acceptors (Lipinski definition) is 3. The highest BCUT2D eigenvalue weighted by Crippen LogP contribution is 2.26. The molecule has 1 aromatic carbocycles. The highest BCUT2D eigenvalue weighted by molar-refractivity contribution is 5.65. The molecule has 0 radical (unpaired) electrons. The van der Waals surface area contributed by atoms with Gasteiger partial charge in [0.15, 0.2) is 0 Å². The Labute approximate surface area is 109 Å². The van der Waals surface area contributed by atoms with Gasteiger partial charge in [0.05, 0.1) is 17.6 Å². The summed E-state index contributed by atoms with van der Waals surface area (Å²) in [5.74, 6) is 0.888. The Hall–Kier alpha value is -2.56. The van der Waals surface area contributed by atoms with Crippen LogP contribution in [0.1, 0.15) is 5.76 Å². The standard InChI is InChI=1S/C14H12FN3O/c1-9-12(5-6-19-9)13-8-14(16)18(17-13)11-4-2-3-10(15)7-11/h2-8H,16H2,1H3. The van der Waals surface area contributed by atoms with Crippen molar-refractivity contribution < 1.29 is 8.81 Å². The van der Waals surface area contributed by atoms with Crippen LogP contribution in [-0.4, -0.2) is 9.78 Å². The molecular formula is C14H12FN3O. The van der Waals surface area contributed by atoms with Crippen LogP contribution in [0, 0.1) is 12.7 Å². The Morgan fingerprint density at radius 3 is 2.79 bits per heavy atom. The molecule has 5 heteroatoms. The molecule has 0 saturated carbocycles. The zero-order valence-corrected chi connectivity index (χ0v) is 10.3. The maximum absolute atomic E-state index is 13.2. The van der Waals surface area contributed by atoms with Crippen molar-refractivity contribution in [2.45, 2.75) is 6.92 Å². The SMILES string of the molecule is Cc1occc1-c1cc(N)n(-c2cccc(F)c2)n1. The van der Waals surface area contributed by atoms with E-state index in [1.807, 2.05) is 13.0 Å². The highest BCUT2D eigenvalue weighted by atomic mass is 19.1. The first-order valence-electron chi connectivity index (χ1n) is 5.81. The minimum Gasteiger partial charge on any atom is -0.469 e. The number of nitrogens with two attached hydrogens (primary N) is 1. The van der Waals surface area contributed by atoms with Crippen molar-refractivity contribution in [1.29, 1.82) is 0 Å². The van der Waals surface area contributed by atoms with Gasteiger partial charge in [0.25, 0.3) is 0 Å². The normalized spacial score (nSPS) is 10.8. The Bertz CT molecular complexity index is 730. The lowest BCUT2D eigenvalue weighted by atomic mass is 10.2. The summed E-state index contributed by atoms with van der Waals surface area (Å²) in [6.45, 7) is 1.85. The lowest BCUT2D eigenvalue weighted by Crippen LogP contribution is -2.01. The van der Waals surface area contributed by atoms with Crippen LogP contribution in [0.4, 0.5) is 10.2 Å². The van der Waals surface area contributed by atoms with Gasteiger partial charge in [-0.05, 0) is 31.2 Å². The first-order chi connectivity index (χ1) is 9.15. The summed E-state index contributed by atoms with van der Waals surface area (Å²) >= 11 is 0. The summed E-state index contributed by atoms with van der Waals surface area (Å²) in [7, 11) is 0. The molecule has 2 aromatic heterocycles. The van der Waals surface area contributed by atoms with Gasteiger partial charge in [0.1, 0.15) is 17.4 Å². The number of nitrogen functional groups attached to an aromatic ring is 1. The third-order valence-corrected chi connectivity index (χ3v) is 2.92. The Morgan fingerprint density at radius 1 is 1.26 bits per heavy atom. The number of benzene rings is 1. The van der Waals surface area contributed by atoms with Crippen molar-refractivity contribution in [2.75, 3.05) is 5.73 Å². The summed E-state index contributed by atoms with van der Waals surface area (Å²) in [6, 6.07) is 9.70. The molecular weight excluding hydrogens is 245 g/mol. The van der Waals surface area contributed by atoms with E-state index in [0.717, 1.165) is 11.3 Å². The van der Waals surface area contributed by atoms with Crippen molar-refractivity contribution in [3.05, 3.63) is 54.2 Å². The number of rotatable bonds is 2. The van der Waals surface area contributed by atoms with E-state index in [1.54, 1.807) is 24.5 Å². The number of aryl methyl sites for hydroxylation is 1. The Kier molecular flexibility index (Phi) is 2.59. The molecule has 0 aliphatic rings. The van der Waals surface area contributed by atoms with E-state index in [4.69, 9.17) is 10.2 Å². The molecule has 3 rings (SSSR count). The highest BCUT2D eigenvalue weighted by Gasteiger charge is 2.12. The third-order valence-electron chi connectivity index (χ3n) is 2.92. The lowest BCUT2D eigenvalue weighted by Gasteiger charge is -2.03. The first kappa shape index (κ1) is 11.5. The topological polar surface area (TPSA) is 57.0 Å². The largest absolute Gasteiger partial charge is 0.469 e. The molecule has 0 amide bonds. The number of nitrogens with zero attached hydrogens (tertiary/aromatic N) is 2. The molecule has 0 aliphatic heterocycles. The van der Waals surface area contributed by atoms with Crippen molar-refractivity contribution >= 4 is 5.82 Å². The maximum atomic E-state index is 13.2. The quantitative estimate of drug-likeness (QED) is 0.767. The summed E-state index contributed by atoms with van der Waals surface area (Å²) in [6.07, 6.45) is 1.60. The van der Waals surface area contributed by atoms with Crippen LogP contribution in [0.5, 0.6) is 0 Å². The third kappa shape index (κ3) is 1.99. The summed E-state index contributed by atoms with van der Waals surface area (Å²) in [4.78, 5) is 0. The number of anilines is 1. The van der Waals surface area contributed by atoms with Crippen molar-refractivity contribution in [3.63, 3.8) is 0 Å². The van der Waals surface area contributed by atoms with Gasteiger partial charge in [0, 0.05) is 11.6 Å². The van der Waals surface area contributed by atoms with E-state index in [0.29, 0.717) is 17.2 Å². The summed E-state index contributed by atoms with van der Waals surface area (Å²) in [5, 5.41) is 4.39. The van der Waals surface area contributed by atoms with Crippen molar-refractivity contribution in [2.24, 2.45) is 0 Å². The van der Waals surface area contributed by atoms with Gasteiger partial charge in [-0.15, -0.1) is 0 Å². The van der Waals surface area contributed by atoms with Crippen LogP contribution in [0.15, 0.2) is 47.1 Å². The van der Waals surface area contributed by atoms with Crippen LogP contribution >= 0.6 is 0 Å². The molecule has 0 saturated heterocycles. The van der Waals surface area contributed by atoms with Crippen LogP contribution in [-0.2, 0) is 0 Å². The average molecular weight is 257 g/mol. The molecule has 96 valence electrons. The van der Waals surface area contributed by atoms with E-state index in [2.05, 4.69) is 5.10 Å². The van der Waals surface area contributed by atoms with Crippen LogP contribution < -0.4 is 5.73 Å². The summed E-state index contributed by atoms with van der Waals surface area (Å²) in [5.41, 5.74) is 8.09. The second kappa shape index (κ2) is 4.28. The molecule has 0 spiro atoms. The lowest BCUT2D eigenvalue weighted by molar-refractivity contribution is 0.535. The van der Waals surface area contributed by atoms with E-state index in [-0.39, 0.29) is 5.82 Å². The Balaban J connectivity index is 2.10. The number of halogens is 1. The molecule has 0 fully saturated rings. The number of aromatic nitrogens is 2. The van der Waals surface area contributed by atoms with Gasteiger partial charge in [-0.25, -0.2) is 9.07 Å². The number of hydrogen-bond donors (Lipinski definition) is 1. The van der Waals surface area contributed by atoms with Crippen molar-refractivity contribution in [3.8, 4) is 16.9 Å². The second-order valence-corrected chi connectivity index (χ2v) is 4.24. The fourth-order valence-corrected chi connectivity index (χ4v) is 1.99. The zero-order valence-electron chi connectivity index (χ0n) is 10.3. The maximum Gasteiger partial charge on any atom is 0.127 e. The smallest absolute Gasteiger partial charge is 0.127 e. The molecule has 0 atom stereocenters. The van der Waals surface area contributed by atoms with E-state index in [1.165, 1.54) is 16.8 Å². The van der Waals surface area contributed by atoms with E-state index in [9.17, 15) is 4.39 Å². The van der Waals surface area contributed by atoms with E-state index < -0.39 is 0 Å². The fraction of sp³-hybridized carbons (Fsp3) is 0.0714. The van der Waals surface area contributed by atoms with Gasteiger partial charge < -0.3 is 10.2 Å². The molecule has 4 nitrogen and oxygen atoms in total. The van der Waals surface area contributed by atoms with Gasteiger partial charge >= 0.3 is 0 Å². The summed E-state index contributed by atoms with van der Waals surface area (Å²) < 4.78 is 20.0. The molecule has 2 N–H and O–H groups in total. The molecule has 0 unspecified atom stereocenters. The minimum absolute atomic E-state index is 0.326. The van der Waals surface area contributed by atoms with Crippen molar-refractivity contribution in [1.82, 2.24) is 9.78 Å². The van der Waals surface area contributed by atoms with Crippen LogP contribution in [0.3, 0.4) is 0 Å². The molecule has 0 bridgehead atoms. The predicted molar refractivity (Wildman–Crippen MR) is 70.4 cm³/mol. The van der Waals surface area contributed by atoms with Gasteiger partial charge in [-0.2, -0.15) is 5.10 Å². The van der Waals surface area contributed by atoms with Gasteiger partial charge in [-0.1, -0.05) is 6.07 Å². The average Bonchev–Trinajstić information content (AvgIpc) is 2.95. The number of furan rings is 1. The predicted octanol–water partition coefficient (Wildman–Crippen LogP) is 3.16. The van der Waals surface area contributed by atoms with Gasteiger partial charge in [0.2, 0.25) is 0 Å². The van der Waals surface area contributed by atoms with E-state index >= 15 is 0 Å². The zero-order chi connectivity index (χ0) is 13.4. The first-order valence-corrected chi connectivity index (χ1v) is 5.81. The minimum atomic E-state index is -0.326. The monoisotopic (exact) mass is 257 g/mol. The second-order valence-electron chi connectivity index (χ2n) is 4.24. The fourth-order valence-electron chi connectivity index (χ4n) is 1.99. The van der Waals surface area contributed by atoms with Gasteiger partial charge in [-0.3, -0.25) is 0 Å². The van der Waals surface area contributed by atoms with Crippen LogP contribution in [0.25, 0.3) is 16.9 Å². The molecule has 3 aromatic rings. The Morgan fingerprint density at radius 2 is 2.11 bits per heavy atom. The van der Waals surface area contributed by atoms with Crippen LogP contribution in [0.2, 0.25) is 0 Å².